The molecule has 0 fully saturated rings. The van der Waals surface area contributed by atoms with Crippen molar-refractivity contribution < 1.29 is 9.59 Å². The molecule has 0 radical (unpaired) electrons. The van der Waals surface area contributed by atoms with Gasteiger partial charge in [-0.15, -0.1) is 0 Å². The van der Waals surface area contributed by atoms with E-state index in [0.717, 1.165) is 17.0 Å². The summed E-state index contributed by atoms with van der Waals surface area (Å²) < 4.78 is 1.69. The van der Waals surface area contributed by atoms with Crippen LogP contribution in [0.4, 0.5) is 0 Å². The van der Waals surface area contributed by atoms with E-state index in [1.165, 1.54) is 6.20 Å². The highest BCUT2D eigenvalue weighted by Gasteiger charge is 2.12. The Hall–Kier alpha value is -3.74. The zero-order valence-corrected chi connectivity index (χ0v) is 15.0. The molecule has 3 rings (SSSR count). The smallest absolute Gasteiger partial charge is 0.267 e. The zero-order chi connectivity index (χ0) is 19.2. The quantitative estimate of drug-likeness (QED) is 0.541. The van der Waals surface area contributed by atoms with E-state index in [4.69, 9.17) is 0 Å². The summed E-state index contributed by atoms with van der Waals surface area (Å²) in [5.41, 5.74) is 8.75. The minimum absolute atomic E-state index is 0.203. The van der Waals surface area contributed by atoms with Crippen LogP contribution in [0.5, 0.6) is 0 Å². The molecule has 1 aromatic carbocycles. The fraction of sp³-hybridized carbons (Fsp3) is 0.100. The van der Waals surface area contributed by atoms with Gasteiger partial charge in [-0.3, -0.25) is 24.7 Å². The van der Waals surface area contributed by atoms with E-state index in [-0.39, 0.29) is 11.8 Å². The number of nitrogens with one attached hydrogen (secondary N) is 2. The molecule has 0 aliphatic heterocycles. The molecule has 0 saturated carbocycles. The Morgan fingerprint density at radius 3 is 2.48 bits per heavy atom. The van der Waals surface area contributed by atoms with Gasteiger partial charge in [0.15, 0.2) is 0 Å². The minimum Gasteiger partial charge on any atom is -0.267 e. The van der Waals surface area contributed by atoms with Crippen LogP contribution >= 0.6 is 0 Å². The van der Waals surface area contributed by atoms with Crippen LogP contribution in [0.3, 0.4) is 0 Å². The van der Waals surface area contributed by atoms with Gasteiger partial charge in [0.25, 0.3) is 11.8 Å². The van der Waals surface area contributed by atoms with Gasteiger partial charge in [-0.1, -0.05) is 18.2 Å². The van der Waals surface area contributed by atoms with Gasteiger partial charge in [0.1, 0.15) is 0 Å². The number of amides is 2. The van der Waals surface area contributed by atoms with Crippen molar-refractivity contribution in [3.63, 3.8) is 0 Å². The molecule has 0 aliphatic rings. The van der Waals surface area contributed by atoms with E-state index in [1.807, 2.05) is 38.1 Å². The Morgan fingerprint density at radius 2 is 1.78 bits per heavy atom. The molecule has 2 N–H and O–H groups in total. The summed E-state index contributed by atoms with van der Waals surface area (Å²) in [7, 11) is 0. The molecular formula is C20H19N5O2. The molecule has 136 valence electrons. The van der Waals surface area contributed by atoms with Gasteiger partial charge < -0.3 is 0 Å². The molecule has 0 unspecified atom stereocenters. The van der Waals surface area contributed by atoms with Crippen LogP contribution in [0.2, 0.25) is 0 Å². The first kappa shape index (κ1) is 18.1. The van der Waals surface area contributed by atoms with E-state index in [1.54, 1.807) is 41.4 Å². The molecule has 3 aromatic rings. The van der Waals surface area contributed by atoms with Crippen LogP contribution < -0.4 is 10.9 Å². The van der Waals surface area contributed by atoms with Gasteiger partial charge in [0, 0.05) is 34.9 Å². The number of carbonyl (C=O) groups is 2. The second-order valence-electron chi connectivity index (χ2n) is 5.91. The molecule has 2 amide bonds. The fourth-order valence-electron chi connectivity index (χ4n) is 2.57. The summed E-state index contributed by atoms with van der Waals surface area (Å²) >= 11 is 0. The number of aryl methyl sites for hydroxylation is 1. The predicted octanol–water partition coefficient (Wildman–Crippen LogP) is 2.65. The van der Waals surface area contributed by atoms with Crippen LogP contribution in [-0.2, 0) is 0 Å². The number of hydrogen-bond acceptors (Lipinski definition) is 4. The predicted molar refractivity (Wildman–Crippen MR) is 103 cm³/mol. The average Bonchev–Trinajstić information content (AvgIpc) is 2.96. The Bertz CT molecular complexity index is 978. The fourth-order valence-corrected chi connectivity index (χ4v) is 2.57. The molecule has 0 atom stereocenters. The first-order chi connectivity index (χ1) is 13.1. The van der Waals surface area contributed by atoms with Gasteiger partial charge in [0.2, 0.25) is 0 Å². The summed E-state index contributed by atoms with van der Waals surface area (Å²) in [5.74, 6) is -0.545. The van der Waals surface area contributed by atoms with Crippen molar-refractivity contribution in [3.05, 3.63) is 89.0 Å². The molecular weight excluding hydrogens is 342 g/mol. The van der Waals surface area contributed by atoms with E-state index < -0.39 is 0 Å². The summed E-state index contributed by atoms with van der Waals surface area (Å²) in [6.45, 7) is 3.74. The number of nitrogens with zero attached hydrogens (tertiary/aromatic N) is 3. The molecule has 7 heteroatoms. The number of rotatable bonds is 5. The number of benzene rings is 1. The number of hydrogen-bond donors (Lipinski definition) is 2. The molecule has 2 heterocycles. The average molecular weight is 361 g/mol. The number of aromatic nitrogens is 2. The lowest BCUT2D eigenvalue weighted by Crippen LogP contribution is -2.24. The lowest BCUT2D eigenvalue weighted by Gasteiger charge is -2.11. The second-order valence-corrected chi connectivity index (χ2v) is 5.91. The highest BCUT2D eigenvalue weighted by atomic mass is 16.2. The number of hydrazone groups is 1. The van der Waals surface area contributed by atoms with Gasteiger partial charge in [-0.25, -0.2) is 5.43 Å². The van der Waals surface area contributed by atoms with Gasteiger partial charge in [-0.05, 0) is 44.2 Å². The summed E-state index contributed by atoms with van der Waals surface area (Å²) in [5, 5.41) is 3.99. The maximum atomic E-state index is 12.4. The summed E-state index contributed by atoms with van der Waals surface area (Å²) in [6.07, 6.45) is 4.61. The SMILES string of the molecule is Cc1cc(/C=N/NC(=O)c2cccnc2)c(C)n1NC(=O)c1ccccc1. The van der Waals surface area contributed by atoms with Crippen molar-refractivity contribution in [2.45, 2.75) is 13.8 Å². The van der Waals surface area contributed by atoms with Crippen molar-refractivity contribution in [2.24, 2.45) is 5.10 Å². The van der Waals surface area contributed by atoms with Crippen LogP contribution in [0, 0.1) is 13.8 Å². The van der Waals surface area contributed by atoms with Crippen molar-refractivity contribution >= 4 is 18.0 Å². The van der Waals surface area contributed by atoms with Crippen LogP contribution in [-0.4, -0.2) is 27.7 Å². The second kappa shape index (κ2) is 8.09. The zero-order valence-electron chi connectivity index (χ0n) is 15.0. The summed E-state index contributed by atoms with van der Waals surface area (Å²) in [6, 6.07) is 14.2. The highest BCUT2D eigenvalue weighted by Crippen LogP contribution is 2.12. The maximum Gasteiger partial charge on any atom is 0.272 e. The molecule has 7 nitrogen and oxygen atoms in total. The van der Waals surface area contributed by atoms with E-state index >= 15 is 0 Å². The molecule has 0 saturated heterocycles. The lowest BCUT2D eigenvalue weighted by molar-refractivity contribution is 0.0953. The standard InChI is InChI=1S/C20H19N5O2/c1-14-11-18(13-22-23-19(26)17-9-6-10-21-12-17)15(2)25(14)24-20(27)16-7-4-3-5-8-16/h3-13H,1-2H3,(H,23,26)(H,24,27)/b22-13+. The molecule has 0 spiro atoms. The van der Waals surface area contributed by atoms with Crippen molar-refractivity contribution in [2.75, 3.05) is 5.43 Å². The van der Waals surface area contributed by atoms with Gasteiger partial charge >= 0.3 is 0 Å². The Kier molecular flexibility index (Phi) is 5.41. The first-order valence-corrected chi connectivity index (χ1v) is 8.35. The van der Waals surface area contributed by atoms with Crippen molar-refractivity contribution in [3.8, 4) is 0 Å². The Balaban J connectivity index is 1.70. The van der Waals surface area contributed by atoms with E-state index in [2.05, 4.69) is 20.9 Å². The van der Waals surface area contributed by atoms with Crippen LogP contribution in [0.1, 0.15) is 37.7 Å². The largest absolute Gasteiger partial charge is 0.272 e. The molecule has 0 bridgehead atoms. The third kappa shape index (κ3) is 4.27. The lowest BCUT2D eigenvalue weighted by atomic mass is 10.2. The normalized spacial score (nSPS) is 10.7. The van der Waals surface area contributed by atoms with Crippen molar-refractivity contribution in [1.29, 1.82) is 0 Å². The van der Waals surface area contributed by atoms with Crippen LogP contribution in [0.15, 0.2) is 66.0 Å². The third-order valence-corrected chi connectivity index (χ3v) is 4.01. The maximum absolute atomic E-state index is 12.4. The van der Waals surface area contributed by atoms with Crippen LogP contribution in [0.25, 0.3) is 0 Å². The Morgan fingerprint density at radius 1 is 1.04 bits per heavy atom. The minimum atomic E-state index is -0.342. The summed E-state index contributed by atoms with van der Waals surface area (Å²) in [4.78, 5) is 28.2. The van der Waals surface area contributed by atoms with E-state index in [0.29, 0.717) is 11.1 Å². The number of carbonyl (C=O) groups excluding carboxylic acids is 2. The molecule has 2 aromatic heterocycles. The first-order valence-electron chi connectivity index (χ1n) is 8.35. The van der Waals surface area contributed by atoms with Gasteiger partial charge in [-0.2, -0.15) is 5.10 Å². The molecule has 27 heavy (non-hydrogen) atoms. The van der Waals surface area contributed by atoms with Gasteiger partial charge in [0.05, 0.1) is 11.8 Å². The topological polar surface area (TPSA) is 88.4 Å². The highest BCUT2D eigenvalue weighted by molar-refractivity contribution is 6.00. The van der Waals surface area contributed by atoms with Crippen molar-refractivity contribution in [1.82, 2.24) is 15.1 Å². The number of pyridine rings is 1. The monoisotopic (exact) mass is 361 g/mol. The van der Waals surface area contributed by atoms with E-state index in [9.17, 15) is 9.59 Å². The Labute approximate surface area is 156 Å². The molecule has 0 aliphatic carbocycles. The third-order valence-electron chi connectivity index (χ3n) is 4.01.